The SMILES string of the molecule is O=C(Cc1cn2ccccc2n1)NC1CCN(C(=O)c2ccccc2)CC1. The van der Waals surface area contributed by atoms with Crippen molar-refractivity contribution in [3.05, 3.63) is 72.2 Å². The van der Waals surface area contributed by atoms with Gasteiger partial charge in [0.2, 0.25) is 5.91 Å². The van der Waals surface area contributed by atoms with E-state index in [4.69, 9.17) is 0 Å². The van der Waals surface area contributed by atoms with E-state index in [1.165, 1.54) is 0 Å². The zero-order chi connectivity index (χ0) is 18.6. The second-order valence-electron chi connectivity index (χ2n) is 6.88. The van der Waals surface area contributed by atoms with Crippen molar-refractivity contribution in [3.8, 4) is 0 Å². The predicted molar refractivity (Wildman–Crippen MR) is 102 cm³/mol. The van der Waals surface area contributed by atoms with Crippen molar-refractivity contribution in [2.24, 2.45) is 0 Å². The van der Waals surface area contributed by atoms with Crippen LogP contribution in [0.15, 0.2) is 60.9 Å². The molecule has 0 saturated carbocycles. The first-order valence-corrected chi connectivity index (χ1v) is 9.25. The molecule has 3 heterocycles. The number of carbonyl (C=O) groups is 2. The van der Waals surface area contributed by atoms with Gasteiger partial charge in [-0.25, -0.2) is 4.98 Å². The fraction of sp³-hybridized carbons (Fsp3) is 0.286. The standard InChI is InChI=1S/C21H22N4O2/c26-20(14-18-15-25-11-5-4-8-19(25)22-18)23-17-9-12-24(13-10-17)21(27)16-6-2-1-3-7-16/h1-8,11,15,17H,9-10,12-14H2,(H,23,26). The molecule has 27 heavy (non-hydrogen) atoms. The molecule has 2 amide bonds. The molecule has 0 aliphatic carbocycles. The van der Waals surface area contributed by atoms with Gasteiger partial charge < -0.3 is 14.6 Å². The Balaban J connectivity index is 1.28. The lowest BCUT2D eigenvalue weighted by molar-refractivity contribution is -0.121. The van der Waals surface area contributed by atoms with Crippen molar-refractivity contribution in [2.75, 3.05) is 13.1 Å². The van der Waals surface area contributed by atoms with Crippen LogP contribution in [0.4, 0.5) is 0 Å². The van der Waals surface area contributed by atoms with Gasteiger partial charge in [-0.05, 0) is 37.1 Å². The van der Waals surface area contributed by atoms with Gasteiger partial charge in [0, 0.05) is 37.1 Å². The van der Waals surface area contributed by atoms with E-state index in [2.05, 4.69) is 10.3 Å². The topological polar surface area (TPSA) is 66.7 Å². The third-order valence-electron chi connectivity index (χ3n) is 4.92. The molecular formula is C21H22N4O2. The van der Waals surface area contributed by atoms with E-state index < -0.39 is 0 Å². The minimum atomic E-state index is -0.0220. The van der Waals surface area contributed by atoms with Crippen molar-refractivity contribution >= 4 is 17.5 Å². The Bertz CT molecular complexity index is 910. The average molecular weight is 362 g/mol. The summed E-state index contributed by atoms with van der Waals surface area (Å²) in [7, 11) is 0. The molecule has 0 spiro atoms. The molecule has 1 fully saturated rings. The quantitative estimate of drug-likeness (QED) is 0.774. The van der Waals surface area contributed by atoms with Crippen molar-refractivity contribution in [1.29, 1.82) is 0 Å². The molecule has 1 aliphatic heterocycles. The molecule has 1 aromatic carbocycles. The third kappa shape index (κ3) is 4.00. The number of fused-ring (bicyclic) bond motifs is 1. The van der Waals surface area contributed by atoms with Crippen LogP contribution in [0.25, 0.3) is 5.65 Å². The summed E-state index contributed by atoms with van der Waals surface area (Å²) in [5.74, 6) is 0.0383. The normalized spacial score (nSPS) is 15.0. The summed E-state index contributed by atoms with van der Waals surface area (Å²) >= 11 is 0. The van der Waals surface area contributed by atoms with E-state index in [1.807, 2.05) is 70.2 Å². The van der Waals surface area contributed by atoms with Crippen LogP contribution in [0.3, 0.4) is 0 Å². The summed E-state index contributed by atoms with van der Waals surface area (Å²) in [5.41, 5.74) is 2.32. The zero-order valence-corrected chi connectivity index (χ0v) is 15.0. The van der Waals surface area contributed by atoms with Crippen LogP contribution in [-0.4, -0.2) is 45.2 Å². The van der Waals surface area contributed by atoms with Gasteiger partial charge in [-0.3, -0.25) is 9.59 Å². The summed E-state index contributed by atoms with van der Waals surface area (Å²) in [5, 5.41) is 3.08. The highest BCUT2D eigenvalue weighted by atomic mass is 16.2. The van der Waals surface area contributed by atoms with Gasteiger partial charge in [0.05, 0.1) is 12.1 Å². The summed E-state index contributed by atoms with van der Waals surface area (Å²) in [4.78, 5) is 31.2. The molecule has 1 saturated heterocycles. The number of nitrogens with one attached hydrogen (secondary N) is 1. The van der Waals surface area contributed by atoms with Crippen LogP contribution >= 0.6 is 0 Å². The van der Waals surface area contributed by atoms with Crippen LogP contribution in [0, 0.1) is 0 Å². The Morgan fingerprint density at radius 1 is 1.04 bits per heavy atom. The molecule has 1 N–H and O–H groups in total. The maximum atomic E-state index is 12.5. The smallest absolute Gasteiger partial charge is 0.253 e. The van der Waals surface area contributed by atoms with E-state index in [-0.39, 0.29) is 24.3 Å². The van der Waals surface area contributed by atoms with Gasteiger partial charge >= 0.3 is 0 Å². The summed E-state index contributed by atoms with van der Waals surface area (Å²) in [6.07, 6.45) is 5.62. The first kappa shape index (κ1) is 17.3. The molecule has 0 bridgehead atoms. The molecule has 4 rings (SSSR count). The lowest BCUT2D eigenvalue weighted by Gasteiger charge is -2.32. The predicted octanol–water partition coefficient (Wildman–Crippen LogP) is 2.30. The monoisotopic (exact) mass is 362 g/mol. The number of hydrogen-bond acceptors (Lipinski definition) is 3. The highest BCUT2D eigenvalue weighted by Gasteiger charge is 2.24. The Morgan fingerprint density at radius 3 is 2.52 bits per heavy atom. The number of hydrogen-bond donors (Lipinski definition) is 1. The van der Waals surface area contributed by atoms with Crippen molar-refractivity contribution < 1.29 is 9.59 Å². The fourth-order valence-corrected chi connectivity index (χ4v) is 3.51. The molecule has 6 nitrogen and oxygen atoms in total. The molecule has 138 valence electrons. The Labute approximate surface area is 157 Å². The van der Waals surface area contributed by atoms with Gasteiger partial charge in [-0.1, -0.05) is 24.3 Å². The van der Waals surface area contributed by atoms with E-state index in [0.29, 0.717) is 18.7 Å². The average Bonchev–Trinajstić information content (AvgIpc) is 3.10. The molecular weight excluding hydrogens is 340 g/mol. The van der Waals surface area contributed by atoms with Gasteiger partial charge in [0.25, 0.3) is 5.91 Å². The number of piperidine rings is 1. The second-order valence-corrected chi connectivity index (χ2v) is 6.88. The highest BCUT2D eigenvalue weighted by Crippen LogP contribution is 2.14. The molecule has 0 atom stereocenters. The number of carbonyl (C=O) groups excluding carboxylic acids is 2. The maximum Gasteiger partial charge on any atom is 0.253 e. The highest BCUT2D eigenvalue weighted by molar-refractivity contribution is 5.94. The number of rotatable bonds is 4. The molecule has 6 heteroatoms. The zero-order valence-electron chi connectivity index (χ0n) is 15.0. The van der Waals surface area contributed by atoms with E-state index in [9.17, 15) is 9.59 Å². The van der Waals surface area contributed by atoms with E-state index >= 15 is 0 Å². The molecule has 2 aromatic heterocycles. The third-order valence-corrected chi connectivity index (χ3v) is 4.92. The summed E-state index contributed by atoms with van der Waals surface area (Å²) in [6.45, 7) is 1.32. The van der Waals surface area contributed by atoms with E-state index in [0.717, 1.165) is 24.2 Å². The summed E-state index contributed by atoms with van der Waals surface area (Å²) in [6, 6.07) is 15.2. The maximum absolute atomic E-state index is 12.5. The number of benzene rings is 1. The number of aromatic nitrogens is 2. The van der Waals surface area contributed by atoms with Crippen LogP contribution in [-0.2, 0) is 11.2 Å². The van der Waals surface area contributed by atoms with Crippen LogP contribution in [0.2, 0.25) is 0 Å². The summed E-state index contributed by atoms with van der Waals surface area (Å²) < 4.78 is 1.91. The first-order chi connectivity index (χ1) is 13.2. The van der Waals surface area contributed by atoms with Gasteiger partial charge in [-0.2, -0.15) is 0 Å². The Kier molecular flexibility index (Phi) is 4.87. The number of imidazole rings is 1. The van der Waals surface area contributed by atoms with Crippen LogP contribution < -0.4 is 5.32 Å². The Morgan fingerprint density at radius 2 is 1.78 bits per heavy atom. The minimum absolute atomic E-state index is 0.0220. The number of nitrogens with zero attached hydrogens (tertiary/aromatic N) is 3. The first-order valence-electron chi connectivity index (χ1n) is 9.25. The van der Waals surface area contributed by atoms with Gasteiger partial charge in [0.1, 0.15) is 5.65 Å². The van der Waals surface area contributed by atoms with Gasteiger partial charge in [-0.15, -0.1) is 0 Å². The lowest BCUT2D eigenvalue weighted by atomic mass is 10.0. The second kappa shape index (κ2) is 7.61. The van der Waals surface area contributed by atoms with Crippen molar-refractivity contribution in [2.45, 2.75) is 25.3 Å². The van der Waals surface area contributed by atoms with E-state index in [1.54, 1.807) is 0 Å². The largest absolute Gasteiger partial charge is 0.353 e. The Hall–Kier alpha value is -3.15. The minimum Gasteiger partial charge on any atom is -0.353 e. The van der Waals surface area contributed by atoms with Crippen LogP contribution in [0.5, 0.6) is 0 Å². The van der Waals surface area contributed by atoms with Gasteiger partial charge in [0.15, 0.2) is 0 Å². The molecule has 0 radical (unpaired) electrons. The number of likely N-dealkylation sites (tertiary alicyclic amines) is 1. The lowest BCUT2D eigenvalue weighted by Crippen LogP contribution is -2.46. The fourth-order valence-electron chi connectivity index (χ4n) is 3.51. The number of pyridine rings is 1. The molecule has 1 aliphatic rings. The molecule has 3 aromatic rings. The van der Waals surface area contributed by atoms with Crippen molar-refractivity contribution in [1.82, 2.24) is 19.6 Å². The number of amides is 2. The van der Waals surface area contributed by atoms with Crippen LogP contribution in [0.1, 0.15) is 28.9 Å². The molecule has 0 unspecified atom stereocenters. The van der Waals surface area contributed by atoms with Crippen molar-refractivity contribution in [3.63, 3.8) is 0 Å².